The lowest BCUT2D eigenvalue weighted by atomic mass is 10.2. The molecule has 0 saturated carbocycles. The topological polar surface area (TPSA) is 133 Å². The molecule has 1 aliphatic heterocycles. The number of H-pyrrole nitrogens is 2. The minimum atomic E-state index is -3.29. The average molecular weight is 410 g/mol. The molecule has 0 radical (unpaired) electrons. The number of hydrogen-bond donors (Lipinski definition) is 3. The van der Waals surface area contributed by atoms with E-state index in [1.807, 2.05) is 0 Å². The number of alkyl halides is 2. The number of anilines is 1. The lowest BCUT2D eigenvalue weighted by Gasteiger charge is -2.19. The summed E-state index contributed by atoms with van der Waals surface area (Å²) in [5.41, 5.74) is -1.12. The Morgan fingerprint density at radius 2 is 2.10 bits per heavy atom. The fourth-order valence-corrected chi connectivity index (χ4v) is 2.90. The van der Waals surface area contributed by atoms with Crippen molar-refractivity contribution in [1.82, 2.24) is 25.3 Å². The molecule has 29 heavy (non-hydrogen) atoms. The number of carbonyl (C=O) groups excluding carboxylic acids is 1. The third-order valence-electron chi connectivity index (χ3n) is 4.16. The van der Waals surface area contributed by atoms with E-state index in [0.29, 0.717) is 0 Å². The van der Waals surface area contributed by atoms with Crippen LogP contribution in [-0.2, 0) is 4.74 Å². The molecule has 1 fully saturated rings. The predicted molar refractivity (Wildman–Crippen MR) is 99.1 cm³/mol. The van der Waals surface area contributed by atoms with Crippen LogP contribution in [-0.4, -0.2) is 57.2 Å². The van der Waals surface area contributed by atoms with Gasteiger partial charge in [0.1, 0.15) is 11.6 Å². The molecule has 1 saturated heterocycles. The van der Waals surface area contributed by atoms with Crippen LogP contribution in [0.1, 0.15) is 19.7 Å². The van der Waals surface area contributed by atoms with Crippen LogP contribution >= 0.6 is 0 Å². The Kier molecular flexibility index (Phi) is 5.36. The number of carbonyl (C=O) groups is 1. The zero-order valence-corrected chi connectivity index (χ0v) is 16.0. The molecule has 3 N–H and O–H groups in total. The van der Waals surface area contributed by atoms with Crippen molar-refractivity contribution in [3.05, 3.63) is 38.9 Å². The maximum absolute atomic E-state index is 14.4. The average Bonchev–Trinajstić information content (AvgIpc) is 2.88. The van der Waals surface area contributed by atoms with Crippen molar-refractivity contribution >= 4 is 11.9 Å². The molecule has 1 unspecified atom stereocenters. The first kappa shape index (κ1) is 20.4. The number of amides is 1. The lowest BCUT2D eigenvalue weighted by Crippen LogP contribution is -2.40. The summed E-state index contributed by atoms with van der Waals surface area (Å²) in [6.45, 7) is 3.92. The van der Waals surface area contributed by atoms with Gasteiger partial charge in [0.05, 0.1) is 24.3 Å². The highest BCUT2D eigenvalue weighted by atomic mass is 19.3. The van der Waals surface area contributed by atoms with Gasteiger partial charge >= 0.3 is 17.7 Å². The first-order chi connectivity index (χ1) is 13.5. The minimum Gasteiger partial charge on any atom is -0.438 e. The normalized spacial score (nSPS) is 18.1. The molecule has 10 nitrogen and oxygen atoms in total. The van der Waals surface area contributed by atoms with Crippen molar-refractivity contribution in [3.8, 4) is 11.3 Å². The summed E-state index contributed by atoms with van der Waals surface area (Å²) in [6, 6.07) is 1.11. The van der Waals surface area contributed by atoms with Crippen molar-refractivity contribution in [2.45, 2.75) is 38.8 Å². The summed E-state index contributed by atoms with van der Waals surface area (Å²) in [5.74, 6) is -2.90. The number of aromatic amines is 2. The van der Waals surface area contributed by atoms with E-state index in [2.05, 4.69) is 25.3 Å². The molecule has 1 amide bonds. The fourth-order valence-electron chi connectivity index (χ4n) is 2.90. The summed E-state index contributed by atoms with van der Waals surface area (Å²) in [7, 11) is 0. The van der Waals surface area contributed by atoms with Gasteiger partial charge in [-0.2, -0.15) is 0 Å². The Balaban J connectivity index is 1.87. The van der Waals surface area contributed by atoms with Gasteiger partial charge in [-0.3, -0.25) is 9.78 Å². The van der Waals surface area contributed by atoms with Crippen LogP contribution in [0.4, 0.5) is 19.4 Å². The van der Waals surface area contributed by atoms with E-state index in [-0.39, 0.29) is 35.5 Å². The van der Waals surface area contributed by atoms with Gasteiger partial charge in [-0.25, -0.2) is 28.3 Å². The van der Waals surface area contributed by atoms with Crippen molar-refractivity contribution < 1.29 is 18.3 Å². The van der Waals surface area contributed by atoms with Crippen molar-refractivity contribution in [1.29, 1.82) is 0 Å². The molecule has 0 aliphatic carbocycles. The second-order valence-corrected chi connectivity index (χ2v) is 6.98. The summed E-state index contributed by atoms with van der Waals surface area (Å²) in [5, 5.41) is 2.41. The van der Waals surface area contributed by atoms with Crippen LogP contribution in [0.3, 0.4) is 0 Å². The van der Waals surface area contributed by atoms with Crippen LogP contribution in [0, 0.1) is 6.92 Å². The zero-order valence-electron chi connectivity index (χ0n) is 16.0. The highest BCUT2D eigenvalue weighted by Crippen LogP contribution is 2.33. The minimum absolute atomic E-state index is 0.0615. The number of hydrogen-bond acceptors (Lipinski definition) is 7. The SMILES string of the molecule is Cc1nc(-c2c[nH]c(=O)[nH]c2=O)cc(N2CC(OC(=O)NC(C)C)C(F)(F)C2)n1. The zero-order chi connectivity index (χ0) is 21.3. The second kappa shape index (κ2) is 7.60. The Labute approximate surface area is 163 Å². The Bertz CT molecular complexity index is 1040. The van der Waals surface area contributed by atoms with Gasteiger partial charge in [-0.15, -0.1) is 0 Å². The molecule has 12 heteroatoms. The molecular weight excluding hydrogens is 390 g/mol. The number of alkyl carbamates (subject to hydrolysis) is 1. The maximum atomic E-state index is 14.4. The van der Waals surface area contributed by atoms with Gasteiger partial charge < -0.3 is 19.9 Å². The van der Waals surface area contributed by atoms with E-state index in [1.165, 1.54) is 17.2 Å². The third-order valence-corrected chi connectivity index (χ3v) is 4.16. The molecular formula is C17H20F2N6O4. The van der Waals surface area contributed by atoms with E-state index in [9.17, 15) is 23.2 Å². The summed E-state index contributed by atoms with van der Waals surface area (Å²) in [6.07, 6.45) is -1.39. The predicted octanol–water partition coefficient (Wildman–Crippen LogP) is 0.787. The highest BCUT2D eigenvalue weighted by Gasteiger charge is 2.51. The Morgan fingerprint density at radius 3 is 2.76 bits per heavy atom. The monoisotopic (exact) mass is 410 g/mol. The van der Waals surface area contributed by atoms with Gasteiger partial charge in [0.2, 0.25) is 0 Å². The molecule has 2 aromatic rings. The molecule has 156 valence electrons. The van der Waals surface area contributed by atoms with Crippen LogP contribution in [0.2, 0.25) is 0 Å². The Morgan fingerprint density at radius 1 is 1.38 bits per heavy atom. The first-order valence-electron chi connectivity index (χ1n) is 8.83. The molecule has 3 heterocycles. The summed E-state index contributed by atoms with van der Waals surface area (Å²) >= 11 is 0. The van der Waals surface area contributed by atoms with E-state index in [0.717, 1.165) is 0 Å². The van der Waals surface area contributed by atoms with Crippen LogP contribution < -0.4 is 21.5 Å². The summed E-state index contributed by atoms with van der Waals surface area (Å²) < 4.78 is 33.7. The van der Waals surface area contributed by atoms with Crippen LogP contribution in [0.25, 0.3) is 11.3 Å². The molecule has 1 atom stereocenters. The van der Waals surface area contributed by atoms with Gasteiger partial charge in [0.15, 0.2) is 6.10 Å². The fraction of sp³-hybridized carbons (Fsp3) is 0.471. The van der Waals surface area contributed by atoms with E-state index < -0.39 is 35.9 Å². The van der Waals surface area contributed by atoms with Crippen molar-refractivity contribution in [2.24, 2.45) is 0 Å². The second-order valence-electron chi connectivity index (χ2n) is 6.98. The van der Waals surface area contributed by atoms with E-state index in [1.54, 1.807) is 20.8 Å². The van der Waals surface area contributed by atoms with Crippen molar-refractivity contribution in [3.63, 3.8) is 0 Å². The number of aryl methyl sites for hydroxylation is 1. The summed E-state index contributed by atoms with van der Waals surface area (Å²) in [4.78, 5) is 48.9. The number of aromatic nitrogens is 4. The number of rotatable bonds is 4. The van der Waals surface area contributed by atoms with E-state index >= 15 is 0 Å². The van der Waals surface area contributed by atoms with E-state index in [4.69, 9.17) is 4.74 Å². The van der Waals surface area contributed by atoms with Crippen LogP contribution in [0.5, 0.6) is 0 Å². The molecule has 2 aromatic heterocycles. The molecule has 0 bridgehead atoms. The standard InChI is InChI=1S/C17H20F2N6O4/c1-8(2)21-16(28)29-12-6-25(7-17(12,18)19)13-4-11(22-9(3)23-13)10-5-20-15(27)24-14(10)26/h4-5,8,12H,6-7H2,1-3H3,(H,21,28)(H2,20,24,26,27). The smallest absolute Gasteiger partial charge is 0.407 e. The van der Waals surface area contributed by atoms with Gasteiger partial charge in [0.25, 0.3) is 5.56 Å². The van der Waals surface area contributed by atoms with Gasteiger partial charge in [-0.1, -0.05) is 0 Å². The molecule has 1 aliphatic rings. The maximum Gasteiger partial charge on any atom is 0.407 e. The largest absolute Gasteiger partial charge is 0.438 e. The number of nitrogens with zero attached hydrogens (tertiary/aromatic N) is 3. The molecule has 3 rings (SSSR count). The number of nitrogens with one attached hydrogen (secondary N) is 3. The van der Waals surface area contributed by atoms with Gasteiger partial charge in [0, 0.05) is 18.3 Å². The number of ether oxygens (including phenoxy) is 1. The van der Waals surface area contributed by atoms with Crippen molar-refractivity contribution in [2.75, 3.05) is 18.0 Å². The van der Waals surface area contributed by atoms with Crippen LogP contribution in [0.15, 0.2) is 21.9 Å². The molecule has 0 aromatic carbocycles. The quantitative estimate of drug-likeness (QED) is 0.679. The van der Waals surface area contributed by atoms with Gasteiger partial charge in [-0.05, 0) is 20.8 Å². The highest BCUT2D eigenvalue weighted by molar-refractivity contribution is 5.68. The molecule has 0 spiro atoms. The third kappa shape index (κ3) is 4.58. The first-order valence-corrected chi connectivity index (χ1v) is 8.83. The number of halogens is 2. The lowest BCUT2D eigenvalue weighted by molar-refractivity contribution is -0.0765. The Hall–Kier alpha value is -3.31.